The zero-order valence-electron chi connectivity index (χ0n) is 23.6. The van der Waals surface area contributed by atoms with Crippen LogP contribution in [0.3, 0.4) is 0 Å². The Hall–Kier alpha value is -3.83. The van der Waals surface area contributed by atoms with Crippen molar-refractivity contribution in [3.8, 4) is 0 Å². The van der Waals surface area contributed by atoms with E-state index in [0.717, 1.165) is 15.9 Å². The van der Waals surface area contributed by atoms with E-state index in [-0.39, 0.29) is 24.7 Å². The van der Waals surface area contributed by atoms with Gasteiger partial charge in [-0.1, -0.05) is 61.5 Å². The van der Waals surface area contributed by atoms with Crippen molar-refractivity contribution in [2.24, 2.45) is 0 Å². The number of hydrogen-bond donors (Lipinski definition) is 1. The van der Waals surface area contributed by atoms with Gasteiger partial charge in [-0.05, 0) is 48.7 Å². The van der Waals surface area contributed by atoms with Crippen LogP contribution in [-0.4, -0.2) is 62.2 Å². The van der Waals surface area contributed by atoms with E-state index >= 15 is 0 Å². The summed E-state index contributed by atoms with van der Waals surface area (Å²) in [4.78, 5) is 29.0. The summed E-state index contributed by atoms with van der Waals surface area (Å²) in [5, 5.41) is 2.93. The SMILES string of the molecule is CC[C@H](C)NC(=O)[C@H](Cc1ccccc1)N(Cc1ccc(F)cc1)C(=O)CN(c1ccccc1F)S(=O)(=O)N(C)C. The Morgan fingerprint density at radius 1 is 0.878 bits per heavy atom. The molecule has 0 heterocycles. The highest BCUT2D eigenvalue weighted by Gasteiger charge is 2.35. The van der Waals surface area contributed by atoms with E-state index in [9.17, 15) is 26.8 Å². The van der Waals surface area contributed by atoms with Crippen molar-refractivity contribution < 1.29 is 26.8 Å². The molecule has 0 unspecified atom stereocenters. The zero-order chi connectivity index (χ0) is 30.2. The third-order valence-corrected chi connectivity index (χ3v) is 8.48. The van der Waals surface area contributed by atoms with Gasteiger partial charge in [-0.3, -0.25) is 9.59 Å². The normalized spacial score (nSPS) is 13.0. The molecule has 41 heavy (non-hydrogen) atoms. The van der Waals surface area contributed by atoms with Gasteiger partial charge in [0.05, 0.1) is 5.69 Å². The molecule has 0 aliphatic carbocycles. The van der Waals surface area contributed by atoms with Gasteiger partial charge in [0.1, 0.15) is 24.2 Å². The number of para-hydroxylation sites is 1. The van der Waals surface area contributed by atoms with Gasteiger partial charge in [-0.2, -0.15) is 12.7 Å². The van der Waals surface area contributed by atoms with Crippen molar-refractivity contribution >= 4 is 27.7 Å². The van der Waals surface area contributed by atoms with Crippen LogP contribution in [0.15, 0.2) is 78.9 Å². The Balaban J connectivity index is 2.10. The minimum Gasteiger partial charge on any atom is -0.352 e. The third kappa shape index (κ3) is 8.34. The Labute approximate surface area is 240 Å². The molecular weight excluding hydrogens is 550 g/mol. The van der Waals surface area contributed by atoms with Crippen LogP contribution in [0.4, 0.5) is 14.5 Å². The average Bonchev–Trinajstić information content (AvgIpc) is 2.95. The second-order valence-corrected chi connectivity index (χ2v) is 12.0. The van der Waals surface area contributed by atoms with Crippen LogP contribution in [0.25, 0.3) is 0 Å². The number of halogens is 2. The lowest BCUT2D eigenvalue weighted by Crippen LogP contribution is -2.55. The lowest BCUT2D eigenvalue weighted by Gasteiger charge is -2.35. The van der Waals surface area contributed by atoms with Crippen LogP contribution < -0.4 is 9.62 Å². The molecule has 3 rings (SSSR count). The van der Waals surface area contributed by atoms with Crippen LogP contribution in [-0.2, 0) is 32.8 Å². The highest BCUT2D eigenvalue weighted by Crippen LogP contribution is 2.24. The molecule has 8 nitrogen and oxygen atoms in total. The fourth-order valence-corrected chi connectivity index (χ4v) is 5.20. The van der Waals surface area contributed by atoms with Crippen molar-refractivity contribution in [1.29, 1.82) is 0 Å². The predicted molar refractivity (Wildman–Crippen MR) is 155 cm³/mol. The number of carbonyl (C=O) groups is 2. The number of nitrogens with zero attached hydrogens (tertiary/aromatic N) is 3. The van der Waals surface area contributed by atoms with Crippen molar-refractivity contribution in [2.45, 2.75) is 45.3 Å². The standard InChI is InChI=1S/C30H36F2N4O4S/c1-5-22(2)33-30(38)28(19-23-11-7-6-8-12-23)35(20-24-15-17-25(31)18-16-24)29(37)21-36(41(39,40)34(3)4)27-14-10-9-13-26(27)32/h6-18,22,28H,5,19-21H2,1-4H3,(H,33,38)/t22-,28-/m0/s1. The molecule has 1 N–H and O–H groups in total. The first kappa shape index (κ1) is 31.7. The van der Waals surface area contributed by atoms with Crippen LogP contribution in [0.5, 0.6) is 0 Å². The number of carbonyl (C=O) groups excluding carboxylic acids is 2. The number of anilines is 1. The Bertz CT molecular complexity index is 1420. The summed E-state index contributed by atoms with van der Waals surface area (Å²) in [6.07, 6.45) is 0.786. The molecule has 0 saturated heterocycles. The summed E-state index contributed by atoms with van der Waals surface area (Å²) < 4.78 is 56.8. The molecule has 2 amide bonds. The van der Waals surface area contributed by atoms with Gasteiger partial charge in [0.2, 0.25) is 11.8 Å². The fraction of sp³-hybridized carbons (Fsp3) is 0.333. The number of benzene rings is 3. The molecule has 0 fully saturated rings. The molecular formula is C30H36F2N4O4S. The number of hydrogen-bond acceptors (Lipinski definition) is 4. The zero-order valence-corrected chi connectivity index (χ0v) is 24.4. The first-order valence-corrected chi connectivity index (χ1v) is 14.7. The van der Waals surface area contributed by atoms with E-state index in [2.05, 4.69) is 5.32 Å². The van der Waals surface area contributed by atoms with Gasteiger partial charge in [0.25, 0.3) is 0 Å². The molecule has 0 spiro atoms. The maximum atomic E-state index is 14.9. The number of nitrogens with one attached hydrogen (secondary N) is 1. The number of amides is 2. The molecule has 0 aliphatic heterocycles. The first-order chi connectivity index (χ1) is 19.4. The molecule has 0 bridgehead atoms. The van der Waals surface area contributed by atoms with Gasteiger partial charge < -0.3 is 10.2 Å². The van der Waals surface area contributed by atoms with E-state index < -0.39 is 46.2 Å². The van der Waals surface area contributed by atoms with Crippen LogP contribution in [0.2, 0.25) is 0 Å². The van der Waals surface area contributed by atoms with Gasteiger partial charge in [-0.15, -0.1) is 0 Å². The van der Waals surface area contributed by atoms with Gasteiger partial charge in [-0.25, -0.2) is 13.1 Å². The summed E-state index contributed by atoms with van der Waals surface area (Å²) in [5.74, 6) is -2.45. The summed E-state index contributed by atoms with van der Waals surface area (Å²) >= 11 is 0. The number of rotatable bonds is 13. The Kier molecular flexibility index (Phi) is 11.0. The molecule has 220 valence electrons. The Morgan fingerprint density at radius 2 is 1.49 bits per heavy atom. The fourth-order valence-electron chi connectivity index (χ4n) is 4.14. The average molecular weight is 587 g/mol. The van der Waals surface area contributed by atoms with Crippen molar-refractivity contribution in [1.82, 2.24) is 14.5 Å². The summed E-state index contributed by atoms with van der Waals surface area (Å²) in [6.45, 7) is 2.87. The van der Waals surface area contributed by atoms with E-state index in [1.807, 2.05) is 44.2 Å². The molecule has 2 atom stereocenters. The van der Waals surface area contributed by atoms with Gasteiger partial charge >= 0.3 is 10.2 Å². The van der Waals surface area contributed by atoms with Crippen LogP contribution in [0.1, 0.15) is 31.4 Å². The second-order valence-electron chi connectivity index (χ2n) is 9.92. The largest absolute Gasteiger partial charge is 0.352 e. The molecule has 0 saturated carbocycles. The molecule has 0 radical (unpaired) electrons. The maximum absolute atomic E-state index is 14.9. The van der Waals surface area contributed by atoms with E-state index in [1.165, 1.54) is 61.5 Å². The maximum Gasteiger partial charge on any atom is 0.304 e. The quantitative estimate of drug-likeness (QED) is 0.326. The van der Waals surface area contributed by atoms with Gasteiger partial charge in [0.15, 0.2) is 0 Å². The van der Waals surface area contributed by atoms with Crippen LogP contribution >= 0.6 is 0 Å². The molecule has 3 aromatic carbocycles. The van der Waals surface area contributed by atoms with Crippen molar-refractivity contribution in [3.63, 3.8) is 0 Å². The van der Waals surface area contributed by atoms with E-state index in [0.29, 0.717) is 16.3 Å². The highest BCUT2D eigenvalue weighted by molar-refractivity contribution is 7.90. The third-order valence-electron chi connectivity index (χ3n) is 6.68. The van der Waals surface area contributed by atoms with Crippen LogP contribution in [0, 0.1) is 11.6 Å². The van der Waals surface area contributed by atoms with E-state index in [4.69, 9.17) is 0 Å². The lowest BCUT2D eigenvalue weighted by molar-refractivity contribution is -0.140. The molecule has 11 heteroatoms. The summed E-state index contributed by atoms with van der Waals surface area (Å²) in [6, 6.07) is 18.6. The minimum atomic E-state index is -4.32. The Morgan fingerprint density at radius 3 is 2.07 bits per heavy atom. The second kappa shape index (κ2) is 14.2. The smallest absolute Gasteiger partial charge is 0.304 e. The summed E-state index contributed by atoms with van der Waals surface area (Å²) in [5.41, 5.74) is 1.00. The first-order valence-electron chi connectivity index (χ1n) is 13.3. The van der Waals surface area contributed by atoms with Crippen molar-refractivity contribution in [3.05, 3.63) is 102 Å². The minimum absolute atomic E-state index is 0.113. The highest BCUT2D eigenvalue weighted by atomic mass is 32.2. The predicted octanol–water partition coefficient (Wildman–Crippen LogP) is 4.13. The topological polar surface area (TPSA) is 90.0 Å². The molecule has 3 aromatic rings. The molecule has 0 aromatic heterocycles. The van der Waals surface area contributed by atoms with Crippen molar-refractivity contribution in [2.75, 3.05) is 24.9 Å². The van der Waals surface area contributed by atoms with Gasteiger partial charge in [0, 0.05) is 33.1 Å². The molecule has 0 aliphatic rings. The monoisotopic (exact) mass is 586 g/mol. The summed E-state index contributed by atoms with van der Waals surface area (Å²) in [7, 11) is -1.76. The lowest BCUT2D eigenvalue weighted by atomic mass is 10.0. The van der Waals surface area contributed by atoms with E-state index in [1.54, 1.807) is 0 Å².